The molecule has 1 amide bonds. The normalized spacial score (nSPS) is 14.7. The Morgan fingerprint density at radius 2 is 1.94 bits per heavy atom. The molecule has 1 heterocycles. The summed E-state index contributed by atoms with van der Waals surface area (Å²) in [6.45, 7) is 6.57. The molecule has 8 heteroatoms. The first-order chi connectivity index (χ1) is 15.1. The third-order valence-electron chi connectivity index (χ3n) is 4.96. The minimum atomic E-state index is -0.275. The molecule has 2 aromatic rings. The minimum absolute atomic E-state index is 0.275. The lowest BCUT2D eigenvalue weighted by atomic mass is 10.2. The SMILES string of the molecule is COc1cccc(C(=O)NC(=NCCN2CCOCC2)Nc2cc(C)ccc2OC)c1. The van der Waals surface area contributed by atoms with Gasteiger partial charge in [-0.1, -0.05) is 12.1 Å². The molecule has 0 spiro atoms. The maximum atomic E-state index is 12.9. The average Bonchev–Trinajstić information content (AvgIpc) is 2.80. The predicted molar refractivity (Wildman–Crippen MR) is 121 cm³/mol. The molecular weight excluding hydrogens is 396 g/mol. The molecule has 166 valence electrons. The Hall–Kier alpha value is -3.10. The zero-order valence-corrected chi connectivity index (χ0v) is 18.3. The smallest absolute Gasteiger partial charge is 0.258 e. The van der Waals surface area contributed by atoms with Crippen LogP contribution < -0.4 is 20.1 Å². The van der Waals surface area contributed by atoms with E-state index in [9.17, 15) is 4.79 Å². The number of nitrogens with one attached hydrogen (secondary N) is 2. The maximum absolute atomic E-state index is 12.9. The number of carbonyl (C=O) groups is 1. The van der Waals surface area contributed by atoms with Gasteiger partial charge in [-0.3, -0.25) is 20.0 Å². The van der Waals surface area contributed by atoms with Gasteiger partial charge in [-0.05, 0) is 42.8 Å². The van der Waals surface area contributed by atoms with E-state index in [1.54, 1.807) is 38.5 Å². The summed E-state index contributed by atoms with van der Waals surface area (Å²) in [6.07, 6.45) is 0. The van der Waals surface area contributed by atoms with Crippen molar-refractivity contribution in [3.63, 3.8) is 0 Å². The minimum Gasteiger partial charge on any atom is -0.497 e. The van der Waals surface area contributed by atoms with Crippen molar-refractivity contribution in [1.82, 2.24) is 10.2 Å². The van der Waals surface area contributed by atoms with E-state index in [0.717, 1.165) is 44.1 Å². The van der Waals surface area contributed by atoms with E-state index < -0.39 is 0 Å². The zero-order valence-electron chi connectivity index (χ0n) is 18.3. The molecular formula is C23H30N4O4. The lowest BCUT2D eigenvalue weighted by Crippen LogP contribution is -2.39. The van der Waals surface area contributed by atoms with Crippen LogP contribution in [0.1, 0.15) is 15.9 Å². The molecule has 0 aromatic heterocycles. The molecule has 0 radical (unpaired) electrons. The molecule has 3 rings (SSSR count). The first-order valence-electron chi connectivity index (χ1n) is 10.3. The number of morpholine rings is 1. The monoisotopic (exact) mass is 426 g/mol. The van der Waals surface area contributed by atoms with Crippen LogP contribution in [-0.4, -0.2) is 70.4 Å². The number of ether oxygens (including phenoxy) is 3. The van der Waals surface area contributed by atoms with Crippen LogP contribution >= 0.6 is 0 Å². The summed E-state index contributed by atoms with van der Waals surface area (Å²) in [6, 6.07) is 12.8. The third kappa shape index (κ3) is 6.70. The quantitative estimate of drug-likeness (QED) is 0.523. The summed E-state index contributed by atoms with van der Waals surface area (Å²) < 4.78 is 16.1. The third-order valence-corrected chi connectivity index (χ3v) is 4.96. The number of hydrogen-bond acceptors (Lipinski definition) is 6. The van der Waals surface area contributed by atoms with Crippen LogP contribution in [0, 0.1) is 6.92 Å². The van der Waals surface area contributed by atoms with Crippen molar-refractivity contribution in [2.45, 2.75) is 6.92 Å². The highest BCUT2D eigenvalue weighted by atomic mass is 16.5. The molecule has 1 saturated heterocycles. The van der Waals surface area contributed by atoms with Gasteiger partial charge in [0.15, 0.2) is 0 Å². The van der Waals surface area contributed by atoms with Crippen molar-refractivity contribution in [2.24, 2.45) is 4.99 Å². The Labute approximate surface area is 183 Å². The highest BCUT2D eigenvalue weighted by Crippen LogP contribution is 2.25. The van der Waals surface area contributed by atoms with E-state index in [4.69, 9.17) is 14.2 Å². The summed E-state index contributed by atoms with van der Waals surface area (Å²) in [5, 5.41) is 6.11. The summed E-state index contributed by atoms with van der Waals surface area (Å²) in [5.74, 6) is 1.38. The van der Waals surface area contributed by atoms with Crippen molar-refractivity contribution < 1.29 is 19.0 Å². The molecule has 0 saturated carbocycles. The van der Waals surface area contributed by atoms with Gasteiger partial charge in [0.2, 0.25) is 5.96 Å². The number of aryl methyl sites for hydroxylation is 1. The van der Waals surface area contributed by atoms with Crippen LogP contribution in [0.5, 0.6) is 11.5 Å². The summed E-state index contributed by atoms with van der Waals surface area (Å²) >= 11 is 0. The molecule has 0 unspecified atom stereocenters. The fourth-order valence-corrected chi connectivity index (χ4v) is 3.23. The number of rotatable bonds is 7. The van der Waals surface area contributed by atoms with Gasteiger partial charge in [-0.15, -0.1) is 0 Å². The maximum Gasteiger partial charge on any atom is 0.258 e. The fourth-order valence-electron chi connectivity index (χ4n) is 3.23. The van der Waals surface area contributed by atoms with E-state index in [2.05, 4.69) is 20.5 Å². The van der Waals surface area contributed by atoms with Crippen LogP contribution in [0.15, 0.2) is 47.5 Å². The second-order valence-electron chi connectivity index (χ2n) is 7.20. The molecule has 0 aliphatic carbocycles. The number of nitrogens with zero attached hydrogens (tertiary/aromatic N) is 2. The number of benzene rings is 2. The Bertz CT molecular complexity index is 910. The van der Waals surface area contributed by atoms with Gasteiger partial charge in [0.05, 0.1) is 39.7 Å². The first-order valence-corrected chi connectivity index (χ1v) is 10.3. The van der Waals surface area contributed by atoms with Crippen molar-refractivity contribution in [3.8, 4) is 11.5 Å². The number of aliphatic imine (C=N–C) groups is 1. The van der Waals surface area contributed by atoms with Crippen molar-refractivity contribution in [3.05, 3.63) is 53.6 Å². The van der Waals surface area contributed by atoms with Crippen molar-refractivity contribution in [2.75, 3.05) is 58.9 Å². The standard InChI is InChI=1S/C23H30N4O4/c1-17-7-8-21(30-3)20(15-17)25-23(24-9-10-27-11-13-31-14-12-27)26-22(28)18-5-4-6-19(16-18)29-2/h4-8,15-16H,9-14H2,1-3H3,(H2,24,25,26,28). The molecule has 8 nitrogen and oxygen atoms in total. The Morgan fingerprint density at radius 1 is 1.13 bits per heavy atom. The van der Waals surface area contributed by atoms with Crippen molar-refractivity contribution >= 4 is 17.6 Å². The Morgan fingerprint density at radius 3 is 2.68 bits per heavy atom. The van der Waals surface area contributed by atoms with E-state index in [-0.39, 0.29) is 5.91 Å². The number of methoxy groups -OCH3 is 2. The van der Waals surface area contributed by atoms with Gasteiger partial charge in [-0.2, -0.15) is 0 Å². The molecule has 2 N–H and O–H groups in total. The van der Waals surface area contributed by atoms with E-state index >= 15 is 0 Å². The van der Waals surface area contributed by atoms with Gasteiger partial charge >= 0.3 is 0 Å². The van der Waals surface area contributed by atoms with Gasteiger partial charge in [0, 0.05) is 25.2 Å². The summed E-state index contributed by atoms with van der Waals surface area (Å²) in [5.41, 5.74) is 2.28. The summed E-state index contributed by atoms with van der Waals surface area (Å²) in [7, 11) is 3.18. The van der Waals surface area contributed by atoms with E-state index in [0.29, 0.717) is 29.6 Å². The van der Waals surface area contributed by atoms with Crippen LogP contribution in [0.3, 0.4) is 0 Å². The van der Waals surface area contributed by atoms with Gasteiger partial charge < -0.3 is 19.5 Å². The molecule has 0 bridgehead atoms. The summed E-state index contributed by atoms with van der Waals surface area (Å²) in [4.78, 5) is 19.8. The fraction of sp³-hybridized carbons (Fsp3) is 0.391. The molecule has 1 fully saturated rings. The Balaban J connectivity index is 1.76. The topological polar surface area (TPSA) is 84.4 Å². The number of carbonyl (C=O) groups excluding carboxylic acids is 1. The van der Waals surface area contributed by atoms with Crippen LogP contribution in [0.25, 0.3) is 0 Å². The number of anilines is 1. The molecule has 1 aliphatic heterocycles. The number of hydrogen-bond donors (Lipinski definition) is 2. The molecule has 2 aromatic carbocycles. The Kier molecular flexibility index (Phi) is 8.26. The van der Waals surface area contributed by atoms with Gasteiger partial charge in [0.1, 0.15) is 11.5 Å². The van der Waals surface area contributed by atoms with Gasteiger partial charge in [-0.25, -0.2) is 0 Å². The largest absolute Gasteiger partial charge is 0.497 e. The van der Waals surface area contributed by atoms with Crippen LogP contribution in [0.4, 0.5) is 5.69 Å². The molecule has 0 atom stereocenters. The second kappa shape index (κ2) is 11.3. The predicted octanol–water partition coefficient (Wildman–Crippen LogP) is 2.54. The van der Waals surface area contributed by atoms with Crippen LogP contribution in [0.2, 0.25) is 0 Å². The number of guanidine groups is 1. The number of amides is 1. The van der Waals surface area contributed by atoms with Crippen LogP contribution in [-0.2, 0) is 4.74 Å². The first kappa shape index (κ1) is 22.6. The second-order valence-corrected chi connectivity index (χ2v) is 7.20. The molecule has 31 heavy (non-hydrogen) atoms. The molecule has 1 aliphatic rings. The lowest BCUT2D eigenvalue weighted by Gasteiger charge is -2.25. The average molecular weight is 427 g/mol. The lowest BCUT2D eigenvalue weighted by molar-refractivity contribution is 0.0394. The highest BCUT2D eigenvalue weighted by Gasteiger charge is 2.14. The van der Waals surface area contributed by atoms with Crippen molar-refractivity contribution in [1.29, 1.82) is 0 Å². The highest BCUT2D eigenvalue weighted by molar-refractivity contribution is 6.10. The van der Waals surface area contributed by atoms with Gasteiger partial charge in [0.25, 0.3) is 5.91 Å². The zero-order chi connectivity index (χ0) is 22.1. The van der Waals surface area contributed by atoms with E-state index in [1.807, 2.05) is 25.1 Å². The van der Waals surface area contributed by atoms with E-state index in [1.165, 1.54) is 0 Å².